The molecule has 0 aromatic heterocycles. The van der Waals surface area contributed by atoms with E-state index in [1.54, 1.807) is 7.11 Å². The molecule has 1 aromatic carbocycles. The van der Waals surface area contributed by atoms with Gasteiger partial charge in [-0.1, -0.05) is 18.9 Å². The van der Waals surface area contributed by atoms with Gasteiger partial charge in [0, 0.05) is 6.04 Å². The molecule has 0 radical (unpaired) electrons. The third-order valence-corrected chi connectivity index (χ3v) is 3.73. The molecule has 1 aromatic rings. The largest absolute Gasteiger partial charge is 0.493 e. The first-order valence-electron chi connectivity index (χ1n) is 7.24. The summed E-state index contributed by atoms with van der Waals surface area (Å²) in [7, 11) is 1.68. The van der Waals surface area contributed by atoms with Crippen LogP contribution in [0.15, 0.2) is 18.2 Å². The summed E-state index contributed by atoms with van der Waals surface area (Å²) < 4.78 is 11.3. The van der Waals surface area contributed by atoms with Crippen LogP contribution in [0.5, 0.6) is 11.5 Å². The van der Waals surface area contributed by atoms with Gasteiger partial charge in [-0.05, 0) is 49.8 Å². The van der Waals surface area contributed by atoms with Crippen LogP contribution in [0.2, 0.25) is 0 Å². The van der Waals surface area contributed by atoms with Gasteiger partial charge in [0.05, 0.1) is 13.7 Å². The Morgan fingerprint density at radius 1 is 1.26 bits per heavy atom. The smallest absolute Gasteiger partial charge is 0.161 e. The molecule has 3 nitrogen and oxygen atoms in total. The molecule has 1 unspecified atom stereocenters. The summed E-state index contributed by atoms with van der Waals surface area (Å²) in [4.78, 5) is 0. The van der Waals surface area contributed by atoms with Crippen molar-refractivity contribution in [1.82, 2.24) is 0 Å². The van der Waals surface area contributed by atoms with E-state index in [0.29, 0.717) is 5.92 Å². The Morgan fingerprint density at radius 2 is 2.00 bits per heavy atom. The molecule has 0 saturated heterocycles. The van der Waals surface area contributed by atoms with Crippen LogP contribution in [-0.4, -0.2) is 19.8 Å². The minimum absolute atomic E-state index is 0.163. The second-order valence-corrected chi connectivity index (χ2v) is 5.63. The summed E-state index contributed by atoms with van der Waals surface area (Å²) in [5.74, 6) is 2.38. The second kappa shape index (κ2) is 6.80. The molecule has 0 bridgehead atoms. The minimum Gasteiger partial charge on any atom is -0.493 e. The highest BCUT2D eigenvalue weighted by atomic mass is 16.5. The van der Waals surface area contributed by atoms with Crippen molar-refractivity contribution in [3.8, 4) is 11.5 Å². The first kappa shape index (κ1) is 14.2. The molecule has 3 heteroatoms. The molecule has 19 heavy (non-hydrogen) atoms. The molecule has 0 heterocycles. The number of ether oxygens (including phenoxy) is 2. The molecule has 1 aliphatic carbocycles. The summed E-state index contributed by atoms with van der Waals surface area (Å²) >= 11 is 0. The van der Waals surface area contributed by atoms with Gasteiger partial charge < -0.3 is 15.2 Å². The Bertz CT molecular complexity index is 398. The molecule has 1 fully saturated rings. The average molecular weight is 263 g/mol. The molecule has 1 saturated carbocycles. The van der Waals surface area contributed by atoms with Gasteiger partial charge in [0.1, 0.15) is 0 Å². The normalized spacial score (nSPS) is 17.4. The van der Waals surface area contributed by atoms with Crippen molar-refractivity contribution in [2.24, 2.45) is 11.7 Å². The summed E-state index contributed by atoms with van der Waals surface area (Å²) in [6.07, 6.45) is 6.14. The van der Waals surface area contributed by atoms with E-state index in [-0.39, 0.29) is 6.04 Å². The van der Waals surface area contributed by atoms with Gasteiger partial charge in [-0.25, -0.2) is 0 Å². The molecule has 0 spiro atoms. The lowest BCUT2D eigenvalue weighted by atomic mass is 10.1. The van der Waals surface area contributed by atoms with Crippen molar-refractivity contribution < 1.29 is 9.47 Å². The van der Waals surface area contributed by atoms with Crippen molar-refractivity contribution in [3.63, 3.8) is 0 Å². The van der Waals surface area contributed by atoms with Crippen molar-refractivity contribution in [2.45, 2.75) is 45.1 Å². The number of hydrogen-bond donors (Lipinski definition) is 1. The fourth-order valence-corrected chi connectivity index (χ4v) is 2.72. The van der Waals surface area contributed by atoms with Crippen LogP contribution >= 0.6 is 0 Å². The van der Waals surface area contributed by atoms with Gasteiger partial charge >= 0.3 is 0 Å². The Labute approximate surface area is 116 Å². The molecular weight excluding hydrogens is 238 g/mol. The van der Waals surface area contributed by atoms with Crippen molar-refractivity contribution in [3.05, 3.63) is 23.8 Å². The highest BCUT2D eigenvalue weighted by Crippen LogP contribution is 2.31. The van der Waals surface area contributed by atoms with Crippen LogP contribution in [0.1, 0.15) is 38.2 Å². The topological polar surface area (TPSA) is 44.5 Å². The minimum atomic E-state index is 0.163. The monoisotopic (exact) mass is 263 g/mol. The molecule has 1 aliphatic rings. The van der Waals surface area contributed by atoms with E-state index < -0.39 is 0 Å². The lowest BCUT2D eigenvalue weighted by molar-refractivity contribution is 0.240. The van der Waals surface area contributed by atoms with E-state index >= 15 is 0 Å². The Balaban J connectivity index is 2.02. The first-order valence-corrected chi connectivity index (χ1v) is 7.24. The van der Waals surface area contributed by atoms with Crippen molar-refractivity contribution in [2.75, 3.05) is 13.7 Å². The van der Waals surface area contributed by atoms with Gasteiger partial charge in [-0.2, -0.15) is 0 Å². The van der Waals surface area contributed by atoms with Crippen LogP contribution < -0.4 is 15.2 Å². The van der Waals surface area contributed by atoms with Crippen LogP contribution in [0.25, 0.3) is 0 Å². The second-order valence-electron chi connectivity index (χ2n) is 5.63. The number of hydrogen-bond acceptors (Lipinski definition) is 3. The van der Waals surface area contributed by atoms with E-state index in [9.17, 15) is 0 Å². The van der Waals surface area contributed by atoms with Crippen LogP contribution in [0.4, 0.5) is 0 Å². The van der Waals surface area contributed by atoms with Crippen LogP contribution in [-0.2, 0) is 6.42 Å². The maximum Gasteiger partial charge on any atom is 0.161 e. The number of methoxy groups -OCH3 is 1. The summed E-state index contributed by atoms with van der Waals surface area (Å²) in [6.45, 7) is 2.82. The van der Waals surface area contributed by atoms with E-state index in [0.717, 1.165) is 24.5 Å². The van der Waals surface area contributed by atoms with E-state index in [4.69, 9.17) is 15.2 Å². The average Bonchev–Trinajstić information content (AvgIpc) is 2.89. The van der Waals surface area contributed by atoms with Gasteiger partial charge in [-0.3, -0.25) is 0 Å². The molecule has 0 amide bonds. The van der Waals surface area contributed by atoms with Gasteiger partial charge in [0.2, 0.25) is 0 Å². The highest BCUT2D eigenvalue weighted by Gasteiger charge is 2.16. The number of nitrogens with two attached hydrogens (primary N) is 1. The van der Waals surface area contributed by atoms with E-state index in [1.807, 2.05) is 13.0 Å². The van der Waals surface area contributed by atoms with Gasteiger partial charge in [0.15, 0.2) is 11.5 Å². The highest BCUT2D eigenvalue weighted by molar-refractivity contribution is 5.43. The molecular formula is C16H25NO2. The molecule has 0 aliphatic heterocycles. The van der Waals surface area contributed by atoms with Gasteiger partial charge in [0.25, 0.3) is 0 Å². The number of rotatable bonds is 6. The SMILES string of the molecule is COc1ccc(CC(C)N)cc1OCC1CCCC1. The maximum atomic E-state index is 5.97. The Morgan fingerprint density at radius 3 is 2.63 bits per heavy atom. The predicted molar refractivity (Wildman–Crippen MR) is 77.8 cm³/mol. The fraction of sp³-hybridized carbons (Fsp3) is 0.625. The molecule has 1 atom stereocenters. The lowest BCUT2D eigenvalue weighted by Gasteiger charge is -2.15. The third kappa shape index (κ3) is 4.13. The predicted octanol–water partition coefficient (Wildman–Crippen LogP) is 3.15. The number of benzene rings is 1. The summed E-state index contributed by atoms with van der Waals surface area (Å²) in [5.41, 5.74) is 7.05. The zero-order valence-electron chi connectivity index (χ0n) is 12.0. The fourth-order valence-electron chi connectivity index (χ4n) is 2.72. The quantitative estimate of drug-likeness (QED) is 0.857. The molecule has 106 valence electrons. The van der Waals surface area contributed by atoms with Crippen LogP contribution in [0, 0.1) is 5.92 Å². The Kier molecular flexibility index (Phi) is 5.08. The first-order chi connectivity index (χ1) is 9.19. The lowest BCUT2D eigenvalue weighted by Crippen LogP contribution is -2.17. The standard InChI is InChI=1S/C16H25NO2/c1-12(17)9-14-7-8-15(18-2)16(10-14)19-11-13-5-3-4-6-13/h7-8,10,12-13H,3-6,9,11,17H2,1-2H3. The Hall–Kier alpha value is -1.22. The van der Waals surface area contributed by atoms with Crippen molar-refractivity contribution in [1.29, 1.82) is 0 Å². The van der Waals surface area contributed by atoms with Crippen LogP contribution in [0.3, 0.4) is 0 Å². The summed E-state index contributed by atoms with van der Waals surface area (Å²) in [6, 6.07) is 6.26. The van der Waals surface area contributed by atoms with E-state index in [1.165, 1.54) is 31.2 Å². The zero-order valence-corrected chi connectivity index (χ0v) is 12.0. The van der Waals surface area contributed by atoms with Gasteiger partial charge in [-0.15, -0.1) is 0 Å². The maximum absolute atomic E-state index is 5.97. The zero-order chi connectivity index (χ0) is 13.7. The third-order valence-electron chi connectivity index (χ3n) is 3.73. The van der Waals surface area contributed by atoms with E-state index in [2.05, 4.69) is 12.1 Å². The molecule has 2 rings (SSSR count). The van der Waals surface area contributed by atoms with Crippen molar-refractivity contribution >= 4 is 0 Å². The summed E-state index contributed by atoms with van der Waals surface area (Å²) in [5, 5.41) is 0. The molecule has 2 N–H and O–H groups in total.